The number of piperidine rings is 1. The van der Waals surface area contributed by atoms with Crippen LogP contribution in [0.15, 0.2) is 30.3 Å². The molecule has 114 valence electrons. The first-order chi connectivity index (χ1) is 10.3. The summed E-state index contributed by atoms with van der Waals surface area (Å²) in [5.41, 5.74) is 1.07. The van der Waals surface area contributed by atoms with Crippen molar-refractivity contribution in [1.29, 1.82) is 0 Å². The average Bonchev–Trinajstić information content (AvgIpc) is 2.99. The van der Waals surface area contributed by atoms with E-state index in [4.69, 9.17) is 0 Å². The van der Waals surface area contributed by atoms with Gasteiger partial charge < -0.3 is 0 Å². The third kappa shape index (κ3) is 4.14. The molecule has 0 spiro atoms. The van der Waals surface area contributed by atoms with Gasteiger partial charge in [0.15, 0.2) is 0 Å². The maximum Gasteiger partial charge on any atom is 0.123 e. The molecule has 21 heavy (non-hydrogen) atoms. The Morgan fingerprint density at radius 3 is 2.57 bits per heavy atom. The van der Waals surface area contributed by atoms with Crippen LogP contribution in [0.25, 0.3) is 6.08 Å². The fourth-order valence-electron chi connectivity index (χ4n) is 3.47. The number of rotatable bonds is 4. The molecule has 2 nitrogen and oxygen atoms in total. The molecule has 2 aliphatic rings. The number of halogens is 1. The highest BCUT2D eigenvalue weighted by molar-refractivity contribution is 5.48. The van der Waals surface area contributed by atoms with E-state index in [1.54, 1.807) is 0 Å². The third-order valence-electron chi connectivity index (χ3n) is 4.70. The standard InChI is InChI=1S/C18H25FN2/c19-17-8-6-16(7-9-17)5-4-11-20-14-10-18(15-20)21-12-2-1-3-13-21/h4-9,18H,1-3,10-15H2. The van der Waals surface area contributed by atoms with Crippen LogP contribution in [0.1, 0.15) is 31.2 Å². The minimum absolute atomic E-state index is 0.170. The van der Waals surface area contributed by atoms with Crippen molar-refractivity contribution in [3.63, 3.8) is 0 Å². The number of hydrogen-bond donors (Lipinski definition) is 0. The van der Waals surface area contributed by atoms with Crippen LogP contribution in [0.3, 0.4) is 0 Å². The average molecular weight is 288 g/mol. The highest BCUT2D eigenvalue weighted by atomic mass is 19.1. The fraction of sp³-hybridized carbons (Fsp3) is 0.556. The van der Waals surface area contributed by atoms with Crippen LogP contribution in [0.5, 0.6) is 0 Å². The van der Waals surface area contributed by atoms with Gasteiger partial charge in [0.2, 0.25) is 0 Å². The zero-order valence-corrected chi connectivity index (χ0v) is 12.7. The Kier molecular flexibility index (Phi) is 5.04. The Bertz CT molecular complexity index is 463. The van der Waals surface area contributed by atoms with Crippen molar-refractivity contribution in [3.8, 4) is 0 Å². The second-order valence-corrected chi connectivity index (χ2v) is 6.25. The van der Waals surface area contributed by atoms with Crippen molar-refractivity contribution in [2.24, 2.45) is 0 Å². The predicted octanol–water partition coefficient (Wildman–Crippen LogP) is 3.40. The molecule has 0 radical (unpaired) electrons. The molecule has 0 amide bonds. The zero-order valence-electron chi connectivity index (χ0n) is 12.7. The van der Waals surface area contributed by atoms with Crippen LogP contribution < -0.4 is 0 Å². The van der Waals surface area contributed by atoms with Crippen LogP contribution in [-0.2, 0) is 0 Å². The molecule has 1 aromatic carbocycles. The first-order valence-electron chi connectivity index (χ1n) is 8.20. The normalized spacial score (nSPS) is 24.9. The summed E-state index contributed by atoms with van der Waals surface area (Å²) in [5, 5.41) is 0. The molecule has 1 atom stereocenters. The van der Waals surface area contributed by atoms with Crippen LogP contribution >= 0.6 is 0 Å². The Hall–Kier alpha value is -1.19. The fourth-order valence-corrected chi connectivity index (χ4v) is 3.47. The third-order valence-corrected chi connectivity index (χ3v) is 4.70. The van der Waals surface area contributed by atoms with Gasteiger partial charge in [0, 0.05) is 25.7 Å². The molecule has 3 rings (SSSR count). The molecule has 3 heteroatoms. The van der Waals surface area contributed by atoms with Gasteiger partial charge in [-0.3, -0.25) is 9.80 Å². The van der Waals surface area contributed by atoms with Gasteiger partial charge in [-0.1, -0.05) is 30.7 Å². The van der Waals surface area contributed by atoms with Gasteiger partial charge in [0.1, 0.15) is 5.82 Å². The van der Waals surface area contributed by atoms with E-state index in [9.17, 15) is 4.39 Å². The minimum atomic E-state index is -0.170. The number of hydrogen-bond acceptors (Lipinski definition) is 2. The maximum atomic E-state index is 12.8. The summed E-state index contributed by atoms with van der Waals surface area (Å²) in [6, 6.07) is 7.45. The highest BCUT2D eigenvalue weighted by Gasteiger charge is 2.27. The molecule has 2 fully saturated rings. The van der Waals surface area contributed by atoms with E-state index < -0.39 is 0 Å². The highest BCUT2D eigenvalue weighted by Crippen LogP contribution is 2.20. The van der Waals surface area contributed by atoms with Crippen molar-refractivity contribution in [1.82, 2.24) is 9.80 Å². The van der Waals surface area contributed by atoms with Gasteiger partial charge in [-0.25, -0.2) is 4.39 Å². The van der Waals surface area contributed by atoms with Gasteiger partial charge in [-0.15, -0.1) is 0 Å². The van der Waals surface area contributed by atoms with Crippen molar-refractivity contribution in [2.45, 2.75) is 31.7 Å². The van der Waals surface area contributed by atoms with Crippen LogP contribution in [0, 0.1) is 5.82 Å². The monoisotopic (exact) mass is 288 g/mol. The molecule has 0 saturated carbocycles. The number of nitrogens with zero attached hydrogens (tertiary/aromatic N) is 2. The Morgan fingerprint density at radius 2 is 1.81 bits per heavy atom. The van der Waals surface area contributed by atoms with Crippen molar-refractivity contribution in [3.05, 3.63) is 41.7 Å². The Balaban J connectivity index is 1.45. The molecule has 0 aliphatic carbocycles. The lowest BCUT2D eigenvalue weighted by molar-refractivity contribution is 0.164. The smallest absolute Gasteiger partial charge is 0.123 e. The summed E-state index contributed by atoms with van der Waals surface area (Å²) in [6.45, 7) is 6.00. The summed E-state index contributed by atoms with van der Waals surface area (Å²) >= 11 is 0. The van der Waals surface area contributed by atoms with Gasteiger partial charge in [0.05, 0.1) is 0 Å². The van der Waals surface area contributed by atoms with Crippen LogP contribution in [0.4, 0.5) is 4.39 Å². The summed E-state index contributed by atoms with van der Waals surface area (Å²) in [4.78, 5) is 5.21. The molecule has 2 saturated heterocycles. The van der Waals surface area contributed by atoms with Gasteiger partial charge in [-0.2, -0.15) is 0 Å². The van der Waals surface area contributed by atoms with E-state index in [1.807, 2.05) is 12.1 Å². The molecule has 1 aromatic rings. The second kappa shape index (κ2) is 7.19. The first-order valence-corrected chi connectivity index (χ1v) is 8.20. The molecule has 1 unspecified atom stereocenters. The first kappa shape index (κ1) is 14.7. The molecule has 2 heterocycles. The quantitative estimate of drug-likeness (QED) is 0.838. The Morgan fingerprint density at radius 1 is 1.05 bits per heavy atom. The predicted molar refractivity (Wildman–Crippen MR) is 85.7 cm³/mol. The topological polar surface area (TPSA) is 6.48 Å². The summed E-state index contributed by atoms with van der Waals surface area (Å²) in [6.07, 6.45) is 9.76. The molecule has 0 N–H and O–H groups in total. The van der Waals surface area contributed by atoms with E-state index in [2.05, 4.69) is 22.0 Å². The second-order valence-electron chi connectivity index (χ2n) is 6.25. The van der Waals surface area contributed by atoms with Gasteiger partial charge in [-0.05, 0) is 50.0 Å². The van der Waals surface area contributed by atoms with Gasteiger partial charge in [0.25, 0.3) is 0 Å². The maximum absolute atomic E-state index is 12.8. The summed E-state index contributed by atoms with van der Waals surface area (Å²) in [7, 11) is 0. The van der Waals surface area contributed by atoms with E-state index >= 15 is 0 Å². The SMILES string of the molecule is Fc1ccc(C=CCN2CCC(N3CCCCC3)C2)cc1. The lowest BCUT2D eigenvalue weighted by atomic mass is 10.1. The molecular formula is C18H25FN2. The van der Waals surface area contributed by atoms with E-state index in [0.717, 1.165) is 18.2 Å². The Labute approximate surface area is 127 Å². The lowest BCUT2D eigenvalue weighted by Gasteiger charge is -2.32. The van der Waals surface area contributed by atoms with Crippen molar-refractivity contribution < 1.29 is 4.39 Å². The van der Waals surface area contributed by atoms with Crippen LogP contribution in [-0.4, -0.2) is 48.6 Å². The number of likely N-dealkylation sites (tertiary alicyclic amines) is 2. The lowest BCUT2D eigenvalue weighted by Crippen LogP contribution is -2.40. The minimum Gasteiger partial charge on any atom is -0.299 e. The summed E-state index contributed by atoms with van der Waals surface area (Å²) < 4.78 is 12.8. The van der Waals surface area contributed by atoms with E-state index in [-0.39, 0.29) is 5.82 Å². The van der Waals surface area contributed by atoms with E-state index in [0.29, 0.717) is 0 Å². The molecular weight excluding hydrogens is 263 g/mol. The molecule has 0 bridgehead atoms. The van der Waals surface area contributed by atoms with Crippen molar-refractivity contribution in [2.75, 3.05) is 32.7 Å². The largest absolute Gasteiger partial charge is 0.299 e. The summed E-state index contributed by atoms with van der Waals surface area (Å²) in [5.74, 6) is -0.170. The molecule has 0 aromatic heterocycles. The number of benzene rings is 1. The van der Waals surface area contributed by atoms with Crippen LogP contribution in [0.2, 0.25) is 0 Å². The van der Waals surface area contributed by atoms with Crippen molar-refractivity contribution >= 4 is 6.08 Å². The van der Waals surface area contributed by atoms with E-state index in [1.165, 1.54) is 64.0 Å². The van der Waals surface area contributed by atoms with Gasteiger partial charge >= 0.3 is 0 Å². The zero-order chi connectivity index (χ0) is 14.5. The molecule has 2 aliphatic heterocycles.